The molecule has 7 heteroatoms. The maximum Gasteiger partial charge on any atom is 0.331 e. The molecule has 0 aromatic heterocycles. The molecule has 7 nitrogen and oxygen atoms in total. The lowest BCUT2D eigenvalue weighted by Gasteiger charge is -2.64. The minimum Gasteiger partial charge on any atom is -0.458 e. The molecule has 2 unspecified atom stereocenters. The van der Waals surface area contributed by atoms with Gasteiger partial charge < -0.3 is 29.2 Å². The van der Waals surface area contributed by atoms with Crippen molar-refractivity contribution in [2.75, 3.05) is 13.7 Å². The molecule has 12 atom stereocenters. The number of fused-ring (bicyclic) bond motifs is 5. The third-order valence-electron chi connectivity index (χ3n) is 12.2. The van der Waals surface area contributed by atoms with Crippen molar-refractivity contribution in [1.82, 2.24) is 0 Å². The molecule has 0 aromatic rings. The Morgan fingerprint density at radius 2 is 1.84 bits per heavy atom. The molecule has 5 fully saturated rings. The summed E-state index contributed by atoms with van der Waals surface area (Å²) in [5, 5.41) is 22.7. The maximum atomic E-state index is 12.4. The fourth-order valence-corrected chi connectivity index (χ4v) is 10.0. The van der Waals surface area contributed by atoms with Gasteiger partial charge in [-0.25, -0.2) is 4.79 Å². The van der Waals surface area contributed by atoms with Crippen LogP contribution in [0.5, 0.6) is 0 Å². The minimum atomic E-state index is -0.670. The fraction of sp³-hybridized carbons (Fsp3) is 0.900. The predicted molar refractivity (Wildman–Crippen MR) is 136 cm³/mol. The van der Waals surface area contributed by atoms with Crippen LogP contribution in [0.15, 0.2) is 11.6 Å². The smallest absolute Gasteiger partial charge is 0.331 e. The molecule has 4 aliphatic carbocycles. The van der Waals surface area contributed by atoms with Gasteiger partial charge in [0.2, 0.25) is 0 Å². The van der Waals surface area contributed by atoms with E-state index < -0.39 is 11.7 Å². The van der Waals surface area contributed by atoms with E-state index in [1.54, 1.807) is 13.2 Å². The van der Waals surface area contributed by atoms with Crippen LogP contribution in [0.4, 0.5) is 0 Å². The van der Waals surface area contributed by atoms with Crippen LogP contribution >= 0.6 is 0 Å². The molecule has 0 aromatic carbocycles. The Morgan fingerprint density at radius 1 is 1.03 bits per heavy atom. The number of cyclic esters (lactones) is 1. The summed E-state index contributed by atoms with van der Waals surface area (Å²) in [4.78, 5) is 11.8. The van der Waals surface area contributed by atoms with Crippen molar-refractivity contribution < 1.29 is 34.0 Å². The lowest BCUT2D eigenvalue weighted by Crippen LogP contribution is -2.62. The second-order valence-corrected chi connectivity index (χ2v) is 13.6. The van der Waals surface area contributed by atoms with Gasteiger partial charge in [0.15, 0.2) is 6.29 Å². The Bertz CT molecular complexity index is 935. The topological polar surface area (TPSA) is 94.5 Å². The summed E-state index contributed by atoms with van der Waals surface area (Å²) in [6.07, 6.45) is 10.2. The highest BCUT2D eigenvalue weighted by molar-refractivity contribution is 5.85. The summed E-state index contributed by atoms with van der Waals surface area (Å²) in [5.41, 5.74) is 0.461. The Kier molecular flexibility index (Phi) is 6.59. The van der Waals surface area contributed by atoms with E-state index in [2.05, 4.69) is 13.8 Å². The first kappa shape index (κ1) is 26.2. The first-order valence-electron chi connectivity index (χ1n) is 14.7. The molecule has 0 bridgehead atoms. The van der Waals surface area contributed by atoms with Crippen molar-refractivity contribution in [3.05, 3.63) is 11.6 Å². The lowest BCUT2D eigenvalue weighted by molar-refractivity contribution is -0.273. The monoisotopic (exact) mass is 518 g/mol. The molecule has 208 valence electrons. The zero-order valence-corrected chi connectivity index (χ0v) is 23.0. The van der Waals surface area contributed by atoms with Crippen LogP contribution in [0.25, 0.3) is 0 Å². The van der Waals surface area contributed by atoms with Gasteiger partial charge in [-0.05, 0) is 99.4 Å². The first-order chi connectivity index (χ1) is 17.6. The summed E-state index contributed by atoms with van der Waals surface area (Å²) in [5.74, 6) is 1.45. The molecule has 0 amide bonds. The van der Waals surface area contributed by atoms with Gasteiger partial charge in [0.1, 0.15) is 12.7 Å². The van der Waals surface area contributed by atoms with Gasteiger partial charge in [-0.1, -0.05) is 13.8 Å². The second kappa shape index (κ2) is 9.29. The quantitative estimate of drug-likeness (QED) is 0.427. The third-order valence-corrected chi connectivity index (χ3v) is 12.2. The van der Waals surface area contributed by atoms with Crippen LogP contribution in [0.1, 0.15) is 85.0 Å². The van der Waals surface area contributed by atoms with Gasteiger partial charge in [-0.2, -0.15) is 0 Å². The lowest BCUT2D eigenvalue weighted by atomic mass is 9.43. The SMILES string of the molecule is CO[C@@H]1C[C@H](O[C@H]2CC[C@]3(C)C4CC[C@]5(C)[C@@H](C6=CC(=O)OC6)CC[C@]5(O)C4CC[C@H]3C2)O[C@H](C)[C@@H]1O. The van der Waals surface area contributed by atoms with Gasteiger partial charge in [-0.3, -0.25) is 0 Å². The highest BCUT2D eigenvalue weighted by Crippen LogP contribution is 2.70. The molecule has 6 rings (SSSR count). The molecule has 1 saturated heterocycles. The molecule has 0 radical (unpaired) electrons. The van der Waals surface area contributed by atoms with E-state index in [1.807, 2.05) is 6.92 Å². The molecule has 6 aliphatic rings. The van der Waals surface area contributed by atoms with E-state index in [4.69, 9.17) is 18.9 Å². The summed E-state index contributed by atoms with van der Waals surface area (Å²) in [7, 11) is 1.64. The van der Waals surface area contributed by atoms with Crippen molar-refractivity contribution in [2.45, 2.75) is 121 Å². The van der Waals surface area contributed by atoms with Crippen LogP contribution in [0.2, 0.25) is 0 Å². The molecular formula is C30H46O7. The highest BCUT2D eigenvalue weighted by atomic mass is 16.7. The summed E-state index contributed by atoms with van der Waals surface area (Å²) in [6, 6.07) is 0. The Labute approximate surface area is 221 Å². The number of methoxy groups -OCH3 is 1. The van der Waals surface area contributed by atoms with Crippen LogP contribution in [0, 0.1) is 34.5 Å². The maximum absolute atomic E-state index is 12.4. The van der Waals surface area contributed by atoms with Gasteiger partial charge in [0, 0.05) is 25.0 Å². The number of carbonyl (C=O) groups is 1. The average Bonchev–Trinajstić information content (AvgIpc) is 3.41. The number of ether oxygens (including phenoxy) is 4. The fourth-order valence-electron chi connectivity index (χ4n) is 10.0. The predicted octanol–water partition coefficient (Wildman–Crippen LogP) is 4.14. The van der Waals surface area contributed by atoms with Gasteiger partial charge in [0.05, 0.1) is 23.9 Å². The Balaban J connectivity index is 1.15. The number of hydrogen-bond donors (Lipinski definition) is 2. The molecule has 37 heavy (non-hydrogen) atoms. The van der Waals surface area contributed by atoms with E-state index in [-0.39, 0.29) is 47.3 Å². The average molecular weight is 519 g/mol. The van der Waals surface area contributed by atoms with E-state index >= 15 is 0 Å². The minimum absolute atomic E-state index is 0.166. The van der Waals surface area contributed by atoms with Crippen LogP contribution in [0.3, 0.4) is 0 Å². The molecule has 0 spiro atoms. The molecule has 2 aliphatic heterocycles. The number of aliphatic hydroxyl groups excluding tert-OH is 1. The molecule has 2 heterocycles. The Hall–Kier alpha value is -0.990. The van der Waals surface area contributed by atoms with Crippen LogP contribution in [-0.4, -0.2) is 66.2 Å². The van der Waals surface area contributed by atoms with E-state index in [1.165, 1.54) is 0 Å². The van der Waals surface area contributed by atoms with E-state index in [0.717, 1.165) is 63.4 Å². The van der Waals surface area contributed by atoms with Crippen LogP contribution < -0.4 is 0 Å². The van der Waals surface area contributed by atoms with Crippen molar-refractivity contribution in [3.63, 3.8) is 0 Å². The second-order valence-electron chi connectivity index (χ2n) is 13.6. The zero-order valence-electron chi connectivity index (χ0n) is 23.0. The van der Waals surface area contributed by atoms with Crippen molar-refractivity contribution in [1.29, 1.82) is 0 Å². The standard InChI is InChI=1S/C30H46O7/c1-17-27(32)24(34-4)15-26(36-17)37-20-7-10-28(2)19(14-20)5-6-23-22(28)8-11-29(3)21(9-12-30(23,29)33)18-13-25(31)35-16-18/h13,17,19-24,26-27,32-33H,5-12,14-16H2,1-4H3/t17-,19+,20+,21-,22?,23?,24-,26+,27+,28+,29-,30+/m1/s1. The number of aliphatic hydroxyl groups is 2. The van der Waals surface area contributed by atoms with Crippen LogP contribution in [-0.2, 0) is 23.7 Å². The molecule has 2 N–H and O–H groups in total. The molecule has 4 saturated carbocycles. The summed E-state index contributed by atoms with van der Waals surface area (Å²) >= 11 is 0. The number of esters is 1. The third kappa shape index (κ3) is 3.97. The largest absolute Gasteiger partial charge is 0.458 e. The van der Waals surface area contributed by atoms with Crippen molar-refractivity contribution in [3.8, 4) is 0 Å². The van der Waals surface area contributed by atoms with Gasteiger partial charge in [-0.15, -0.1) is 0 Å². The van der Waals surface area contributed by atoms with Gasteiger partial charge >= 0.3 is 5.97 Å². The van der Waals surface area contributed by atoms with Crippen molar-refractivity contribution in [2.24, 2.45) is 34.5 Å². The Morgan fingerprint density at radius 3 is 2.57 bits per heavy atom. The van der Waals surface area contributed by atoms with Gasteiger partial charge in [0.25, 0.3) is 0 Å². The van der Waals surface area contributed by atoms with E-state index in [0.29, 0.717) is 30.8 Å². The number of carbonyl (C=O) groups excluding carboxylic acids is 1. The first-order valence-corrected chi connectivity index (χ1v) is 14.7. The van der Waals surface area contributed by atoms with Crippen molar-refractivity contribution >= 4 is 5.97 Å². The number of hydrogen-bond acceptors (Lipinski definition) is 7. The van der Waals surface area contributed by atoms with E-state index in [9.17, 15) is 15.0 Å². The normalized spacial score (nSPS) is 53.6. The highest BCUT2D eigenvalue weighted by Gasteiger charge is 2.67. The zero-order chi connectivity index (χ0) is 26.2. The number of rotatable bonds is 4. The summed E-state index contributed by atoms with van der Waals surface area (Å²) < 4.78 is 23.2. The molecular weight excluding hydrogens is 472 g/mol. The summed E-state index contributed by atoms with van der Waals surface area (Å²) in [6.45, 7) is 7.07.